The van der Waals surface area contributed by atoms with Gasteiger partial charge in [0.2, 0.25) is 0 Å². The standard InChI is InChI=1S/C12H9N3O/c16-12(15-7-6-13-8-15)10-2-1-3-11-9(10)4-5-14-11/h1-8,14H. The minimum absolute atomic E-state index is 0.0669. The number of carbonyl (C=O) groups excluding carboxylic acids is 1. The summed E-state index contributed by atoms with van der Waals surface area (Å²) in [6.45, 7) is 0. The zero-order chi connectivity index (χ0) is 11.0. The van der Waals surface area contributed by atoms with Crippen molar-refractivity contribution in [2.75, 3.05) is 0 Å². The average Bonchev–Trinajstić information content (AvgIpc) is 2.98. The molecule has 16 heavy (non-hydrogen) atoms. The second kappa shape index (κ2) is 3.34. The first-order valence-corrected chi connectivity index (χ1v) is 4.95. The number of carbonyl (C=O) groups is 1. The van der Waals surface area contributed by atoms with E-state index in [-0.39, 0.29) is 5.91 Å². The zero-order valence-electron chi connectivity index (χ0n) is 8.42. The van der Waals surface area contributed by atoms with Gasteiger partial charge in [-0.1, -0.05) is 6.07 Å². The number of fused-ring (bicyclic) bond motifs is 1. The van der Waals surface area contributed by atoms with E-state index in [1.165, 1.54) is 10.9 Å². The molecule has 78 valence electrons. The van der Waals surface area contributed by atoms with Crippen molar-refractivity contribution in [3.63, 3.8) is 0 Å². The predicted molar refractivity (Wildman–Crippen MR) is 60.3 cm³/mol. The first-order chi connectivity index (χ1) is 7.86. The molecular weight excluding hydrogens is 202 g/mol. The first kappa shape index (κ1) is 8.91. The third kappa shape index (κ3) is 1.24. The van der Waals surface area contributed by atoms with E-state index in [1.807, 2.05) is 30.5 Å². The quantitative estimate of drug-likeness (QED) is 0.669. The van der Waals surface area contributed by atoms with Gasteiger partial charge in [0.05, 0.1) is 0 Å². The van der Waals surface area contributed by atoms with E-state index < -0.39 is 0 Å². The Morgan fingerprint density at radius 3 is 3.06 bits per heavy atom. The Morgan fingerprint density at radius 2 is 2.25 bits per heavy atom. The van der Waals surface area contributed by atoms with E-state index in [0.29, 0.717) is 5.56 Å². The maximum absolute atomic E-state index is 12.1. The Kier molecular flexibility index (Phi) is 1.86. The van der Waals surface area contributed by atoms with Crippen LogP contribution in [0, 0.1) is 0 Å². The van der Waals surface area contributed by atoms with Crippen LogP contribution >= 0.6 is 0 Å². The van der Waals surface area contributed by atoms with Crippen LogP contribution in [0.5, 0.6) is 0 Å². The van der Waals surface area contributed by atoms with Crippen LogP contribution < -0.4 is 0 Å². The van der Waals surface area contributed by atoms with Crippen LogP contribution in [0.25, 0.3) is 10.9 Å². The number of hydrogen-bond donors (Lipinski definition) is 1. The fraction of sp³-hybridized carbons (Fsp3) is 0. The SMILES string of the molecule is O=C(c1cccc2[nH]ccc12)n1ccnc1. The van der Waals surface area contributed by atoms with E-state index in [1.54, 1.807) is 12.4 Å². The van der Waals surface area contributed by atoms with Crippen molar-refractivity contribution < 1.29 is 4.79 Å². The normalized spacial score (nSPS) is 10.8. The van der Waals surface area contributed by atoms with E-state index in [0.717, 1.165) is 10.9 Å². The third-order valence-corrected chi connectivity index (χ3v) is 2.56. The monoisotopic (exact) mass is 211 g/mol. The Morgan fingerprint density at radius 1 is 1.31 bits per heavy atom. The topological polar surface area (TPSA) is 50.7 Å². The van der Waals surface area contributed by atoms with Crippen molar-refractivity contribution in [2.45, 2.75) is 0 Å². The molecule has 0 saturated heterocycles. The summed E-state index contributed by atoms with van der Waals surface area (Å²) < 4.78 is 1.47. The zero-order valence-corrected chi connectivity index (χ0v) is 8.42. The molecule has 4 nitrogen and oxygen atoms in total. The van der Waals surface area contributed by atoms with Crippen LogP contribution in [0.1, 0.15) is 10.4 Å². The molecule has 0 saturated carbocycles. The van der Waals surface area contributed by atoms with Crippen LogP contribution in [-0.4, -0.2) is 20.4 Å². The molecule has 4 heteroatoms. The number of hydrogen-bond acceptors (Lipinski definition) is 2. The number of rotatable bonds is 1. The lowest BCUT2D eigenvalue weighted by Crippen LogP contribution is -2.09. The molecule has 3 aromatic rings. The predicted octanol–water partition coefficient (Wildman–Crippen LogP) is 2.05. The van der Waals surface area contributed by atoms with E-state index in [2.05, 4.69) is 9.97 Å². The van der Waals surface area contributed by atoms with Crippen LogP contribution in [-0.2, 0) is 0 Å². The van der Waals surface area contributed by atoms with Crippen molar-refractivity contribution >= 4 is 16.8 Å². The van der Waals surface area contributed by atoms with Gasteiger partial charge in [0.1, 0.15) is 6.33 Å². The number of benzene rings is 1. The summed E-state index contributed by atoms with van der Waals surface area (Å²) in [6.07, 6.45) is 6.58. The molecule has 0 spiro atoms. The van der Waals surface area contributed by atoms with Crippen LogP contribution in [0.4, 0.5) is 0 Å². The van der Waals surface area contributed by atoms with Gasteiger partial charge in [-0.2, -0.15) is 0 Å². The number of aromatic nitrogens is 3. The molecule has 0 radical (unpaired) electrons. The summed E-state index contributed by atoms with van der Waals surface area (Å²) in [7, 11) is 0. The molecular formula is C12H9N3O. The highest BCUT2D eigenvalue weighted by Gasteiger charge is 2.11. The first-order valence-electron chi connectivity index (χ1n) is 4.95. The molecule has 0 unspecified atom stereocenters. The third-order valence-electron chi connectivity index (χ3n) is 2.56. The minimum atomic E-state index is -0.0669. The second-order valence-electron chi connectivity index (χ2n) is 3.52. The molecule has 1 N–H and O–H groups in total. The highest BCUT2D eigenvalue weighted by Crippen LogP contribution is 2.18. The molecule has 0 fully saturated rings. The molecule has 0 amide bonds. The van der Waals surface area contributed by atoms with Gasteiger partial charge in [0.15, 0.2) is 0 Å². The largest absolute Gasteiger partial charge is 0.361 e. The van der Waals surface area contributed by atoms with Gasteiger partial charge in [0.25, 0.3) is 5.91 Å². The number of H-pyrrole nitrogens is 1. The summed E-state index contributed by atoms with van der Waals surface area (Å²) in [6, 6.07) is 7.53. The van der Waals surface area contributed by atoms with Gasteiger partial charge >= 0.3 is 0 Å². The fourth-order valence-corrected chi connectivity index (χ4v) is 1.79. The van der Waals surface area contributed by atoms with Crippen LogP contribution in [0.2, 0.25) is 0 Å². The maximum Gasteiger partial charge on any atom is 0.263 e. The van der Waals surface area contributed by atoms with Gasteiger partial charge in [0, 0.05) is 35.1 Å². The van der Waals surface area contributed by atoms with Crippen molar-refractivity contribution in [1.82, 2.24) is 14.5 Å². The highest BCUT2D eigenvalue weighted by atomic mass is 16.2. The summed E-state index contributed by atoms with van der Waals surface area (Å²) in [5.74, 6) is -0.0669. The molecule has 2 aromatic heterocycles. The molecule has 2 heterocycles. The Labute approximate surface area is 91.5 Å². The summed E-state index contributed by atoms with van der Waals surface area (Å²) in [4.78, 5) is 19.1. The number of nitrogens with zero attached hydrogens (tertiary/aromatic N) is 2. The lowest BCUT2D eigenvalue weighted by Gasteiger charge is -2.02. The van der Waals surface area contributed by atoms with Gasteiger partial charge in [-0.05, 0) is 18.2 Å². The second-order valence-corrected chi connectivity index (χ2v) is 3.52. The van der Waals surface area contributed by atoms with Gasteiger partial charge in [-0.3, -0.25) is 9.36 Å². The summed E-state index contributed by atoms with van der Waals surface area (Å²) >= 11 is 0. The molecule has 0 aliphatic carbocycles. The van der Waals surface area contributed by atoms with Gasteiger partial charge in [-0.25, -0.2) is 4.98 Å². The Balaban J connectivity index is 2.19. The molecule has 0 bridgehead atoms. The van der Waals surface area contributed by atoms with E-state index in [9.17, 15) is 4.79 Å². The highest BCUT2D eigenvalue weighted by molar-refractivity contribution is 6.07. The van der Waals surface area contributed by atoms with E-state index in [4.69, 9.17) is 0 Å². The maximum atomic E-state index is 12.1. The lowest BCUT2D eigenvalue weighted by molar-refractivity contribution is 0.0961. The molecule has 0 atom stereocenters. The summed E-state index contributed by atoms with van der Waals surface area (Å²) in [5, 5.41) is 0.932. The molecule has 0 aliphatic rings. The average molecular weight is 211 g/mol. The molecule has 1 aromatic carbocycles. The number of nitrogens with one attached hydrogen (secondary N) is 1. The lowest BCUT2D eigenvalue weighted by atomic mass is 10.1. The van der Waals surface area contributed by atoms with Crippen LogP contribution in [0.15, 0.2) is 49.2 Å². The Bertz CT molecular complexity index is 637. The van der Waals surface area contributed by atoms with Crippen molar-refractivity contribution in [2.24, 2.45) is 0 Å². The van der Waals surface area contributed by atoms with Crippen molar-refractivity contribution in [3.05, 3.63) is 54.7 Å². The smallest absolute Gasteiger partial charge is 0.263 e. The fourth-order valence-electron chi connectivity index (χ4n) is 1.79. The van der Waals surface area contributed by atoms with E-state index >= 15 is 0 Å². The molecule has 3 rings (SSSR count). The number of aromatic amines is 1. The van der Waals surface area contributed by atoms with Gasteiger partial charge < -0.3 is 4.98 Å². The molecule has 0 aliphatic heterocycles. The van der Waals surface area contributed by atoms with Crippen molar-refractivity contribution in [1.29, 1.82) is 0 Å². The van der Waals surface area contributed by atoms with Crippen LogP contribution in [0.3, 0.4) is 0 Å². The number of imidazole rings is 1. The summed E-state index contributed by atoms with van der Waals surface area (Å²) in [5.41, 5.74) is 1.64. The van der Waals surface area contributed by atoms with Crippen molar-refractivity contribution in [3.8, 4) is 0 Å². The van der Waals surface area contributed by atoms with Gasteiger partial charge in [-0.15, -0.1) is 0 Å². The Hall–Kier alpha value is -2.36. The minimum Gasteiger partial charge on any atom is -0.361 e.